The molecular formula is C20H27N3O3. The van der Waals surface area contributed by atoms with Gasteiger partial charge in [-0.1, -0.05) is 6.92 Å². The molecule has 1 aliphatic rings. The smallest absolute Gasteiger partial charge is 0.129 e. The van der Waals surface area contributed by atoms with E-state index in [9.17, 15) is 0 Å². The van der Waals surface area contributed by atoms with Crippen molar-refractivity contribution in [1.29, 1.82) is 0 Å². The van der Waals surface area contributed by atoms with Crippen LogP contribution >= 0.6 is 0 Å². The lowest BCUT2D eigenvalue weighted by atomic mass is 9.98. The van der Waals surface area contributed by atoms with Gasteiger partial charge in [-0.25, -0.2) is 0 Å². The molecule has 26 heavy (non-hydrogen) atoms. The summed E-state index contributed by atoms with van der Waals surface area (Å²) in [6.45, 7) is 6.77. The van der Waals surface area contributed by atoms with Gasteiger partial charge in [-0.2, -0.15) is 0 Å². The predicted octanol–water partition coefficient (Wildman–Crippen LogP) is 3.04. The van der Waals surface area contributed by atoms with Crippen molar-refractivity contribution in [3.63, 3.8) is 0 Å². The lowest BCUT2D eigenvalue weighted by molar-refractivity contribution is -0.0341. The second kappa shape index (κ2) is 8.29. The molecule has 2 aromatic carbocycles. The van der Waals surface area contributed by atoms with Gasteiger partial charge in [0.05, 0.1) is 24.1 Å². The highest BCUT2D eigenvalue weighted by molar-refractivity contribution is 5.65. The summed E-state index contributed by atoms with van der Waals surface area (Å²) in [5, 5.41) is 3.36. The highest BCUT2D eigenvalue weighted by Gasteiger charge is 2.26. The molecule has 0 amide bonds. The van der Waals surface area contributed by atoms with Crippen LogP contribution in [0.3, 0.4) is 0 Å². The molecule has 0 saturated carbocycles. The molecule has 3 atom stereocenters. The third-order valence-corrected chi connectivity index (χ3v) is 4.72. The van der Waals surface area contributed by atoms with Crippen LogP contribution < -0.4 is 26.3 Å². The van der Waals surface area contributed by atoms with E-state index in [0.717, 1.165) is 25.4 Å². The zero-order chi connectivity index (χ0) is 18.5. The van der Waals surface area contributed by atoms with Crippen molar-refractivity contribution >= 4 is 11.4 Å². The van der Waals surface area contributed by atoms with Crippen molar-refractivity contribution in [3.8, 4) is 17.2 Å². The van der Waals surface area contributed by atoms with Crippen LogP contribution in [0.1, 0.15) is 13.8 Å². The van der Waals surface area contributed by atoms with E-state index in [1.807, 2.05) is 24.3 Å². The molecule has 1 fully saturated rings. The fourth-order valence-electron chi connectivity index (χ4n) is 2.89. The van der Waals surface area contributed by atoms with E-state index in [1.165, 1.54) is 0 Å². The first-order chi connectivity index (χ1) is 12.5. The average Bonchev–Trinajstić information content (AvgIpc) is 2.66. The number of nitrogens with two attached hydrogens (primary N) is 2. The van der Waals surface area contributed by atoms with Crippen LogP contribution in [0.15, 0.2) is 42.5 Å². The maximum atomic E-state index is 6.07. The predicted molar refractivity (Wildman–Crippen MR) is 104 cm³/mol. The summed E-state index contributed by atoms with van der Waals surface area (Å²) in [5.41, 5.74) is 12.6. The van der Waals surface area contributed by atoms with E-state index >= 15 is 0 Å². The Kier molecular flexibility index (Phi) is 5.85. The Morgan fingerprint density at radius 3 is 2.35 bits per heavy atom. The van der Waals surface area contributed by atoms with Crippen molar-refractivity contribution in [1.82, 2.24) is 5.32 Å². The van der Waals surface area contributed by atoms with E-state index in [-0.39, 0.29) is 18.1 Å². The summed E-state index contributed by atoms with van der Waals surface area (Å²) >= 11 is 0. The maximum absolute atomic E-state index is 6.07. The lowest BCUT2D eigenvalue weighted by Gasteiger charge is -2.32. The zero-order valence-corrected chi connectivity index (χ0v) is 15.3. The summed E-state index contributed by atoms with van der Waals surface area (Å²) in [4.78, 5) is 0. The number of rotatable bonds is 6. The van der Waals surface area contributed by atoms with E-state index in [4.69, 9.17) is 25.7 Å². The van der Waals surface area contributed by atoms with Gasteiger partial charge < -0.3 is 31.0 Å². The van der Waals surface area contributed by atoms with Gasteiger partial charge in [-0.05, 0) is 43.3 Å². The number of nitrogen functional groups attached to an aromatic ring is 2. The summed E-state index contributed by atoms with van der Waals surface area (Å²) in [7, 11) is 0. The van der Waals surface area contributed by atoms with Crippen LogP contribution in [-0.4, -0.2) is 31.9 Å². The Labute approximate surface area is 154 Å². The SMILES string of the molecule is CC(Oc1ccc(Oc2ccc(N)c(N)c2)cc1)C(C)C1CNCCO1. The van der Waals surface area contributed by atoms with Crippen LogP contribution in [0, 0.1) is 5.92 Å². The summed E-state index contributed by atoms with van der Waals surface area (Å²) in [5.74, 6) is 2.45. The first kappa shape index (κ1) is 18.4. The van der Waals surface area contributed by atoms with Crippen LogP contribution in [-0.2, 0) is 4.74 Å². The Bertz CT molecular complexity index is 715. The molecule has 0 radical (unpaired) electrons. The number of hydrogen-bond acceptors (Lipinski definition) is 6. The van der Waals surface area contributed by atoms with Gasteiger partial charge in [-0.15, -0.1) is 0 Å². The molecule has 1 aliphatic heterocycles. The second-order valence-corrected chi connectivity index (χ2v) is 6.66. The number of benzene rings is 2. The number of anilines is 2. The maximum Gasteiger partial charge on any atom is 0.129 e. The standard InChI is InChI=1S/C20H27N3O3/c1-13(20-12-23-9-10-24-20)14(2)25-15-3-5-16(6-4-15)26-17-7-8-18(21)19(22)11-17/h3-8,11,13-14,20,23H,9-10,12,21-22H2,1-2H3. The monoisotopic (exact) mass is 357 g/mol. The van der Waals surface area contributed by atoms with Gasteiger partial charge in [0.25, 0.3) is 0 Å². The van der Waals surface area contributed by atoms with Crippen molar-refractivity contribution in [2.75, 3.05) is 31.2 Å². The number of hydrogen-bond donors (Lipinski definition) is 3. The third-order valence-electron chi connectivity index (χ3n) is 4.72. The minimum atomic E-state index is 0.0450. The Balaban J connectivity index is 1.57. The lowest BCUT2D eigenvalue weighted by Crippen LogP contribution is -2.45. The van der Waals surface area contributed by atoms with Crippen molar-refractivity contribution in [2.45, 2.75) is 26.1 Å². The third kappa shape index (κ3) is 4.59. The van der Waals surface area contributed by atoms with Crippen LogP contribution in [0.4, 0.5) is 11.4 Å². The zero-order valence-electron chi connectivity index (χ0n) is 15.3. The molecule has 1 heterocycles. The molecule has 3 rings (SSSR count). The minimum absolute atomic E-state index is 0.0450. The topological polar surface area (TPSA) is 91.8 Å². The van der Waals surface area contributed by atoms with Crippen LogP contribution in [0.5, 0.6) is 17.2 Å². The first-order valence-corrected chi connectivity index (χ1v) is 8.95. The molecule has 0 aromatic heterocycles. The van der Waals surface area contributed by atoms with E-state index in [2.05, 4.69) is 19.2 Å². The highest BCUT2D eigenvalue weighted by Crippen LogP contribution is 2.28. The fraction of sp³-hybridized carbons (Fsp3) is 0.400. The van der Waals surface area contributed by atoms with Crippen molar-refractivity contribution < 1.29 is 14.2 Å². The molecule has 0 bridgehead atoms. The Hall–Kier alpha value is -2.44. The average molecular weight is 357 g/mol. The van der Waals surface area contributed by atoms with Crippen LogP contribution in [0.2, 0.25) is 0 Å². The largest absolute Gasteiger partial charge is 0.490 e. The minimum Gasteiger partial charge on any atom is -0.490 e. The molecule has 5 N–H and O–H groups in total. The Morgan fingerprint density at radius 2 is 1.69 bits per heavy atom. The Morgan fingerprint density at radius 1 is 1.00 bits per heavy atom. The molecule has 0 spiro atoms. The fourth-order valence-corrected chi connectivity index (χ4v) is 2.89. The molecule has 6 heteroatoms. The molecule has 6 nitrogen and oxygen atoms in total. The molecule has 140 valence electrons. The van der Waals surface area contributed by atoms with E-state index in [0.29, 0.717) is 22.9 Å². The van der Waals surface area contributed by atoms with Gasteiger partial charge in [-0.3, -0.25) is 0 Å². The number of nitrogens with one attached hydrogen (secondary N) is 1. The number of ether oxygens (including phenoxy) is 3. The second-order valence-electron chi connectivity index (χ2n) is 6.66. The summed E-state index contributed by atoms with van der Waals surface area (Å²) in [6.07, 6.45) is 0.223. The molecular weight excluding hydrogens is 330 g/mol. The molecule has 0 aliphatic carbocycles. The van der Waals surface area contributed by atoms with Crippen LogP contribution in [0.25, 0.3) is 0 Å². The summed E-state index contributed by atoms with van der Waals surface area (Å²) in [6, 6.07) is 12.8. The van der Waals surface area contributed by atoms with Crippen molar-refractivity contribution in [2.24, 2.45) is 5.92 Å². The van der Waals surface area contributed by atoms with Gasteiger partial charge in [0.1, 0.15) is 23.4 Å². The van der Waals surface area contributed by atoms with Gasteiger partial charge >= 0.3 is 0 Å². The first-order valence-electron chi connectivity index (χ1n) is 8.95. The highest BCUT2D eigenvalue weighted by atomic mass is 16.5. The van der Waals surface area contributed by atoms with Crippen molar-refractivity contribution in [3.05, 3.63) is 42.5 Å². The van der Waals surface area contributed by atoms with Gasteiger partial charge in [0, 0.05) is 25.1 Å². The van der Waals surface area contributed by atoms with Gasteiger partial charge in [0.15, 0.2) is 0 Å². The van der Waals surface area contributed by atoms with E-state index in [1.54, 1.807) is 18.2 Å². The molecule has 3 unspecified atom stereocenters. The summed E-state index contributed by atoms with van der Waals surface area (Å²) < 4.78 is 17.7. The quantitative estimate of drug-likeness (QED) is 0.688. The van der Waals surface area contributed by atoms with Gasteiger partial charge in [0.2, 0.25) is 0 Å². The molecule has 2 aromatic rings. The molecule has 1 saturated heterocycles. The number of morpholine rings is 1. The normalized spacial score (nSPS) is 19.5. The van der Waals surface area contributed by atoms with E-state index < -0.39 is 0 Å².